The smallest absolute Gasteiger partial charge is 0.157 e. The van der Waals surface area contributed by atoms with Crippen molar-refractivity contribution in [2.24, 2.45) is 0 Å². The predicted molar refractivity (Wildman–Crippen MR) is 74.9 cm³/mol. The zero-order valence-corrected chi connectivity index (χ0v) is 11.5. The fourth-order valence-electron chi connectivity index (χ4n) is 1.83. The lowest BCUT2D eigenvalue weighted by atomic mass is 10.1. The van der Waals surface area contributed by atoms with Gasteiger partial charge in [0.2, 0.25) is 0 Å². The highest BCUT2D eigenvalue weighted by Crippen LogP contribution is 2.22. The van der Waals surface area contributed by atoms with Crippen LogP contribution in [0, 0.1) is 6.92 Å². The monoisotopic (exact) mass is 258 g/mol. The number of hydrogen-bond donors (Lipinski definition) is 1. The Morgan fingerprint density at radius 3 is 2.84 bits per heavy atom. The molecule has 0 saturated carbocycles. The molecule has 0 fully saturated rings. The average Bonchev–Trinajstić information content (AvgIpc) is 2.40. The highest BCUT2D eigenvalue weighted by atomic mass is 16.5. The van der Waals surface area contributed by atoms with Gasteiger partial charge in [0.1, 0.15) is 12.4 Å². The fourth-order valence-corrected chi connectivity index (χ4v) is 1.83. The van der Waals surface area contributed by atoms with Crippen LogP contribution in [-0.4, -0.2) is 28.6 Å². The number of rotatable bonds is 5. The lowest BCUT2D eigenvalue weighted by Gasteiger charge is -2.10. The van der Waals surface area contributed by atoms with Crippen molar-refractivity contribution >= 4 is 5.82 Å². The number of anilines is 1. The first-order chi connectivity index (χ1) is 9.24. The van der Waals surface area contributed by atoms with Crippen LogP contribution < -0.4 is 5.32 Å². The van der Waals surface area contributed by atoms with E-state index in [4.69, 9.17) is 4.74 Å². The van der Waals surface area contributed by atoms with Crippen LogP contribution in [0.1, 0.15) is 18.3 Å². The number of nitrogens with zero attached hydrogens (tertiary/aromatic N) is 3. The van der Waals surface area contributed by atoms with Gasteiger partial charge in [-0.1, -0.05) is 0 Å². The Morgan fingerprint density at radius 2 is 2.16 bits per heavy atom. The van der Waals surface area contributed by atoms with Gasteiger partial charge in [-0.05, 0) is 25.5 Å². The lowest BCUT2D eigenvalue weighted by Crippen LogP contribution is -2.05. The van der Waals surface area contributed by atoms with E-state index in [0.29, 0.717) is 12.4 Å². The van der Waals surface area contributed by atoms with Crippen molar-refractivity contribution < 1.29 is 4.74 Å². The Hall–Kier alpha value is -2.01. The maximum atomic E-state index is 5.11. The number of methoxy groups -OCH3 is 1. The van der Waals surface area contributed by atoms with Gasteiger partial charge in [-0.2, -0.15) is 0 Å². The summed E-state index contributed by atoms with van der Waals surface area (Å²) in [6.07, 6.45) is 3.60. The summed E-state index contributed by atoms with van der Waals surface area (Å²) in [4.78, 5) is 13.1. The van der Waals surface area contributed by atoms with Crippen molar-refractivity contribution in [1.29, 1.82) is 0 Å². The van der Waals surface area contributed by atoms with Crippen LogP contribution in [0.15, 0.2) is 24.5 Å². The van der Waals surface area contributed by atoms with Crippen molar-refractivity contribution in [3.63, 3.8) is 0 Å². The molecule has 2 rings (SSSR count). The molecule has 0 atom stereocenters. The SMILES string of the molecule is CCNc1cc(-c2cnccc2C)nc(COC)n1. The zero-order chi connectivity index (χ0) is 13.7. The molecule has 2 aromatic heterocycles. The Balaban J connectivity index is 2.46. The molecule has 2 aromatic rings. The molecule has 0 aliphatic rings. The molecule has 5 nitrogen and oxygen atoms in total. The van der Waals surface area contributed by atoms with Crippen LogP contribution in [0.3, 0.4) is 0 Å². The van der Waals surface area contributed by atoms with Crippen molar-refractivity contribution in [3.05, 3.63) is 35.9 Å². The molecule has 0 radical (unpaired) electrons. The van der Waals surface area contributed by atoms with Gasteiger partial charge in [-0.15, -0.1) is 0 Å². The molecular formula is C14H18N4O. The number of aryl methyl sites for hydroxylation is 1. The normalized spacial score (nSPS) is 10.5. The number of nitrogens with one attached hydrogen (secondary N) is 1. The second kappa shape index (κ2) is 6.24. The Labute approximate surface area is 113 Å². The van der Waals surface area contributed by atoms with E-state index in [9.17, 15) is 0 Å². The van der Waals surface area contributed by atoms with Crippen molar-refractivity contribution in [3.8, 4) is 11.3 Å². The highest BCUT2D eigenvalue weighted by molar-refractivity contribution is 5.64. The molecule has 1 N–H and O–H groups in total. The Kier molecular flexibility index (Phi) is 4.41. The van der Waals surface area contributed by atoms with Gasteiger partial charge in [-0.3, -0.25) is 4.98 Å². The van der Waals surface area contributed by atoms with E-state index >= 15 is 0 Å². The Bertz CT molecular complexity index is 533. The van der Waals surface area contributed by atoms with E-state index in [1.807, 2.05) is 32.2 Å². The summed E-state index contributed by atoms with van der Waals surface area (Å²) in [5.41, 5.74) is 3.02. The largest absolute Gasteiger partial charge is 0.377 e. The molecule has 0 bridgehead atoms. The number of ether oxygens (including phenoxy) is 1. The zero-order valence-electron chi connectivity index (χ0n) is 11.5. The molecular weight excluding hydrogens is 240 g/mol. The maximum absolute atomic E-state index is 5.11. The average molecular weight is 258 g/mol. The predicted octanol–water partition coefficient (Wildman–Crippen LogP) is 2.43. The molecule has 0 spiro atoms. The van der Waals surface area contributed by atoms with Gasteiger partial charge < -0.3 is 10.1 Å². The number of aromatic nitrogens is 3. The quantitative estimate of drug-likeness (QED) is 0.892. The van der Waals surface area contributed by atoms with Crippen molar-refractivity contribution in [2.75, 3.05) is 19.0 Å². The van der Waals surface area contributed by atoms with Gasteiger partial charge in [0, 0.05) is 37.7 Å². The van der Waals surface area contributed by atoms with Gasteiger partial charge in [0.25, 0.3) is 0 Å². The van der Waals surface area contributed by atoms with Crippen LogP contribution in [0.4, 0.5) is 5.82 Å². The van der Waals surface area contributed by atoms with E-state index < -0.39 is 0 Å². The summed E-state index contributed by atoms with van der Waals surface area (Å²) < 4.78 is 5.11. The van der Waals surface area contributed by atoms with E-state index in [1.54, 1.807) is 13.3 Å². The highest BCUT2D eigenvalue weighted by Gasteiger charge is 2.08. The van der Waals surface area contributed by atoms with Gasteiger partial charge in [0.05, 0.1) is 5.69 Å². The number of pyridine rings is 1. The van der Waals surface area contributed by atoms with Crippen LogP contribution in [0.5, 0.6) is 0 Å². The fraction of sp³-hybridized carbons (Fsp3) is 0.357. The van der Waals surface area contributed by atoms with Crippen LogP contribution in [0.25, 0.3) is 11.3 Å². The second-order valence-corrected chi connectivity index (χ2v) is 4.21. The van der Waals surface area contributed by atoms with Crippen molar-refractivity contribution in [2.45, 2.75) is 20.5 Å². The lowest BCUT2D eigenvalue weighted by molar-refractivity contribution is 0.178. The molecule has 0 unspecified atom stereocenters. The van der Waals surface area contributed by atoms with E-state index in [0.717, 1.165) is 29.2 Å². The minimum Gasteiger partial charge on any atom is -0.377 e. The van der Waals surface area contributed by atoms with Crippen LogP contribution in [0.2, 0.25) is 0 Å². The summed E-state index contributed by atoms with van der Waals surface area (Å²) in [6.45, 7) is 5.29. The molecule has 0 aliphatic carbocycles. The minimum absolute atomic E-state index is 0.394. The van der Waals surface area contributed by atoms with Crippen molar-refractivity contribution in [1.82, 2.24) is 15.0 Å². The van der Waals surface area contributed by atoms with Gasteiger partial charge in [-0.25, -0.2) is 9.97 Å². The standard InChI is InChI=1S/C14H18N4O/c1-4-16-13-7-12(17-14(18-13)9-19-3)11-8-15-6-5-10(11)2/h5-8H,4,9H2,1-3H3,(H,16,17,18). The first-order valence-electron chi connectivity index (χ1n) is 6.26. The third kappa shape index (κ3) is 3.26. The molecule has 2 heterocycles. The molecule has 5 heteroatoms. The third-order valence-corrected chi connectivity index (χ3v) is 2.72. The molecule has 19 heavy (non-hydrogen) atoms. The Morgan fingerprint density at radius 1 is 1.32 bits per heavy atom. The minimum atomic E-state index is 0.394. The van der Waals surface area contributed by atoms with E-state index in [-0.39, 0.29) is 0 Å². The third-order valence-electron chi connectivity index (χ3n) is 2.72. The first-order valence-corrected chi connectivity index (χ1v) is 6.26. The summed E-state index contributed by atoms with van der Waals surface area (Å²) >= 11 is 0. The van der Waals surface area contributed by atoms with Gasteiger partial charge in [0.15, 0.2) is 5.82 Å². The van der Waals surface area contributed by atoms with Crippen LogP contribution in [-0.2, 0) is 11.3 Å². The molecule has 0 aromatic carbocycles. The summed E-state index contributed by atoms with van der Waals surface area (Å²) in [7, 11) is 1.64. The second-order valence-electron chi connectivity index (χ2n) is 4.21. The first kappa shape index (κ1) is 13.4. The summed E-state index contributed by atoms with van der Waals surface area (Å²) in [6, 6.07) is 3.91. The number of hydrogen-bond acceptors (Lipinski definition) is 5. The molecule has 0 aliphatic heterocycles. The summed E-state index contributed by atoms with van der Waals surface area (Å²) in [5, 5.41) is 3.21. The van der Waals surface area contributed by atoms with E-state index in [2.05, 4.69) is 20.3 Å². The maximum Gasteiger partial charge on any atom is 0.157 e. The molecule has 0 saturated heterocycles. The van der Waals surface area contributed by atoms with Crippen LogP contribution >= 0.6 is 0 Å². The molecule has 100 valence electrons. The molecule has 0 amide bonds. The topological polar surface area (TPSA) is 59.9 Å². The summed E-state index contributed by atoms with van der Waals surface area (Å²) in [5.74, 6) is 1.47. The van der Waals surface area contributed by atoms with E-state index in [1.165, 1.54) is 0 Å². The van der Waals surface area contributed by atoms with Gasteiger partial charge >= 0.3 is 0 Å².